The van der Waals surface area contributed by atoms with Crippen LogP contribution in [-0.4, -0.2) is 11.5 Å². The van der Waals surface area contributed by atoms with Crippen LogP contribution in [0.3, 0.4) is 0 Å². The van der Waals surface area contributed by atoms with Crippen LogP contribution in [0.1, 0.15) is 42.9 Å². The molecule has 0 spiro atoms. The minimum Gasteiger partial charge on any atom is -0.507 e. The summed E-state index contributed by atoms with van der Waals surface area (Å²) in [7, 11) is 0. The third-order valence-corrected chi connectivity index (χ3v) is 5.60. The van der Waals surface area contributed by atoms with E-state index in [-0.39, 0.29) is 17.5 Å². The number of hydrogen-bond donors (Lipinski definition) is 1. The molecule has 0 heterocycles. The SMILES string of the molecule is CCCCCc1ccc(-c2c(O)cc(F)c(CCc3cc(F)c(OC(F)(F)F)c(F)c3)c2F)c(F)c1. The van der Waals surface area contributed by atoms with Crippen LogP contribution in [0.25, 0.3) is 11.1 Å². The molecular formula is C26H22F8O2. The number of hydrogen-bond acceptors (Lipinski definition) is 2. The summed E-state index contributed by atoms with van der Waals surface area (Å²) in [5.41, 5.74) is -0.985. The lowest BCUT2D eigenvalue weighted by molar-refractivity contribution is -0.276. The second kappa shape index (κ2) is 11.2. The molecule has 0 aromatic heterocycles. The molecule has 10 heteroatoms. The molecule has 194 valence electrons. The number of alkyl halides is 3. The van der Waals surface area contributed by atoms with E-state index in [0.717, 1.165) is 19.3 Å². The van der Waals surface area contributed by atoms with Crippen molar-refractivity contribution in [2.75, 3.05) is 0 Å². The Hall–Kier alpha value is -3.30. The number of unbranched alkanes of at least 4 members (excludes halogenated alkanes) is 2. The Morgan fingerprint density at radius 1 is 0.750 bits per heavy atom. The highest BCUT2D eigenvalue weighted by Crippen LogP contribution is 2.38. The molecule has 0 bridgehead atoms. The van der Waals surface area contributed by atoms with Gasteiger partial charge in [0.25, 0.3) is 0 Å². The molecule has 0 radical (unpaired) electrons. The standard InChI is InChI=1S/C26H22F8O2/c1-2-3-4-5-14-6-8-16(18(27)10-14)23-22(35)13-19(28)17(24(23)31)9-7-15-11-20(29)25(21(30)12-15)36-26(32,33)34/h6,8,10-13,35H,2-5,7,9H2,1H3. The van der Waals surface area contributed by atoms with Gasteiger partial charge in [-0.2, -0.15) is 0 Å². The van der Waals surface area contributed by atoms with Gasteiger partial charge in [0.05, 0.1) is 5.56 Å². The fourth-order valence-electron chi connectivity index (χ4n) is 3.87. The number of phenolic OH excluding ortho intramolecular Hbond substituents is 1. The first-order valence-corrected chi connectivity index (χ1v) is 11.1. The third kappa shape index (κ3) is 6.47. The number of rotatable bonds is 9. The lowest BCUT2D eigenvalue weighted by Gasteiger charge is -2.14. The molecular weight excluding hydrogens is 496 g/mol. The van der Waals surface area contributed by atoms with Crippen molar-refractivity contribution in [3.05, 3.63) is 82.2 Å². The van der Waals surface area contributed by atoms with Gasteiger partial charge in [-0.15, -0.1) is 13.2 Å². The number of phenols is 1. The van der Waals surface area contributed by atoms with Crippen LogP contribution in [0, 0.1) is 29.1 Å². The monoisotopic (exact) mass is 518 g/mol. The molecule has 1 N–H and O–H groups in total. The van der Waals surface area contributed by atoms with Gasteiger partial charge in [0.1, 0.15) is 23.2 Å². The van der Waals surface area contributed by atoms with Crippen LogP contribution >= 0.6 is 0 Å². The zero-order chi connectivity index (χ0) is 26.6. The lowest BCUT2D eigenvalue weighted by atomic mass is 9.95. The van der Waals surface area contributed by atoms with Gasteiger partial charge >= 0.3 is 6.36 Å². The van der Waals surface area contributed by atoms with Crippen LogP contribution in [0.4, 0.5) is 35.1 Å². The fraction of sp³-hybridized carbons (Fsp3) is 0.308. The van der Waals surface area contributed by atoms with Crippen molar-refractivity contribution >= 4 is 0 Å². The minimum atomic E-state index is -5.32. The molecule has 0 amide bonds. The Morgan fingerprint density at radius 3 is 1.97 bits per heavy atom. The average Bonchev–Trinajstić information content (AvgIpc) is 2.77. The highest BCUT2D eigenvalue weighted by Gasteiger charge is 2.34. The average molecular weight is 518 g/mol. The molecule has 0 unspecified atom stereocenters. The van der Waals surface area contributed by atoms with E-state index < -0.39 is 64.5 Å². The summed E-state index contributed by atoms with van der Waals surface area (Å²) in [6, 6.07) is 5.77. The first kappa shape index (κ1) is 27.3. The summed E-state index contributed by atoms with van der Waals surface area (Å²) in [4.78, 5) is 0. The fourth-order valence-corrected chi connectivity index (χ4v) is 3.87. The van der Waals surface area contributed by atoms with Gasteiger partial charge < -0.3 is 9.84 Å². The molecule has 0 fully saturated rings. The quantitative estimate of drug-likeness (QED) is 0.229. The van der Waals surface area contributed by atoms with Crippen LogP contribution < -0.4 is 4.74 Å². The summed E-state index contributed by atoms with van der Waals surface area (Å²) >= 11 is 0. The van der Waals surface area contributed by atoms with E-state index in [1.165, 1.54) is 12.1 Å². The highest BCUT2D eigenvalue weighted by atomic mass is 19.4. The van der Waals surface area contributed by atoms with Gasteiger partial charge in [-0.25, -0.2) is 22.0 Å². The zero-order valence-corrected chi connectivity index (χ0v) is 19.1. The second-order valence-corrected chi connectivity index (χ2v) is 8.25. The van der Waals surface area contributed by atoms with Crippen LogP contribution in [0.2, 0.25) is 0 Å². The van der Waals surface area contributed by atoms with Crippen molar-refractivity contribution in [1.82, 2.24) is 0 Å². The Morgan fingerprint density at radius 2 is 1.39 bits per heavy atom. The molecule has 0 saturated carbocycles. The van der Waals surface area contributed by atoms with Crippen LogP contribution in [0.15, 0.2) is 36.4 Å². The van der Waals surface area contributed by atoms with Gasteiger partial charge in [-0.3, -0.25) is 0 Å². The molecule has 2 nitrogen and oxygen atoms in total. The van der Waals surface area contributed by atoms with Crippen molar-refractivity contribution in [2.24, 2.45) is 0 Å². The van der Waals surface area contributed by atoms with Crippen molar-refractivity contribution in [1.29, 1.82) is 0 Å². The number of ether oxygens (including phenoxy) is 1. The van der Waals surface area contributed by atoms with E-state index in [9.17, 15) is 35.8 Å². The molecule has 3 rings (SSSR count). The van der Waals surface area contributed by atoms with Crippen molar-refractivity contribution < 1.29 is 45.0 Å². The number of benzene rings is 3. The van der Waals surface area contributed by atoms with Crippen LogP contribution in [0.5, 0.6) is 11.5 Å². The lowest BCUT2D eigenvalue weighted by Crippen LogP contribution is -2.19. The smallest absolute Gasteiger partial charge is 0.507 e. The van der Waals surface area contributed by atoms with Gasteiger partial charge in [0.15, 0.2) is 11.6 Å². The predicted octanol–water partition coefficient (Wildman–Crippen LogP) is 8.17. The topological polar surface area (TPSA) is 29.5 Å². The Bertz CT molecular complexity index is 1210. The van der Waals surface area contributed by atoms with Crippen molar-refractivity contribution in [3.63, 3.8) is 0 Å². The van der Waals surface area contributed by atoms with Crippen molar-refractivity contribution in [2.45, 2.75) is 51.8 Å². The highest BCUT2D eigenvalue weighted by molar-refractivity contribution is 5.72. The van der Waals surface area contributed by atoms with Gasteiger partial charge in [0, 0.05) is 17.2 Å². The number of aryl methyl sites for hydroxylation is 2. The molecule has 0 saturated heterocycles. The number of aromatic hydroxyl groups is 1. The maximum Gasteiger partial charge on any atom is 0.573 e. The first-order chi connectivity index (χ1) is 16.9. The largest absolute Gasteiger partial charge is 0.573 e. The van der Waals surface area contributed by atoms with E-state index in [0.29, 0.717) is 30.2 Å². The van der Waals surface area contributed by atoms with Gasteiger partial charge in [-0.1, -0.05) is 31.9 Å². The molecule has 3 aromatic rings. The molecule has 0 aliphatic carbocycles. The van der Waals surface area contributed by atoms with E-state index in [2.05, 4.69) is 4.74 Å². The molecule has 0 aliphatic rings. The van der Waals surface area contributed by atoms with Gasteiger partial charge in [0.2, 0.25) is 5.75 Å². The predicted molar refractivity (Wildman–Crippen MR) is 117 cm³/mol. The Kier molecular flexibility index (Phi) is 8.47. The molecule has 0 atom stereocenters. The van der Waals surface area contributed by atoms with Crippen LogP contribution in [-0.2, 0) is 19.3 Å². The summed E-state index contributed by atoms with van der Waals surface area (Å²) in [6.07, 6.45) is -2.82. The van der Waals surface area contributed by atoms with Gasteiger partial charge in [-0.05, 0) is 55.0 Å². The Balaban J connectivity index is 1.88. The summed E-state index contributed by atoms with van der Waals surface area (Å²) in [5, 5.41) is 10.1. The summed E-state index contributed by atoms with van der Waals surface area (Å²) in [6.45, 7) is 2.02. The summed E-state index contributed by atoms with van der Waals surface area (Å²) < 4.78 is 113. The molecule has 0 aliphatic heterocycles. The van der Waals surface area contributed by atoms with Crippen molar-refractivity contribution in [3.8, 4) is 22.6 Å². The zero-order valence-electron chi connectivity index (χ0n) is 19.1. The molecule has 3 aromatic carbocycles. The molecule has 36 heavy (non-hydrogen) atoms. The number of halogens is 8. The normalized spacial score (nSPS) is 11.7. The maximum absolute atomic E-state index is 15.3. The van der Waals surface area contributed by atoms with E-state index in [1.807, 2.05) is 6.92 Å². The second-order valence-electron chi connectivity index (χ2n) is 8.25. The maximum atomic E-state index is 15.3. The van der Waals surface area contributed by atoms with E-state index in [1.54, 1.807) is 6.07 Å². The Labute approximate surface area is 202 Å². The minimum absolute atomic E-state index is 0.199. The third-order valence-electron chi connectivity index (χ3n) is 5.60. The van der Waals surface area contributed by atoms with E-state index in [4.69, 9.17) is 0 Å². The summed E-state index contributed by atoms with van der Waals surface area (Å²) in [5.74, 6) is -9.03. The van der Waals surface area contributed by atoms with E-state index >= 15 is 4.39 Å². The first-order valence-electron chi connectivity index (χ1n) is 11.1.